The van der Waals surface area contributed by atoms with Gasteiger partial charge in [0.2, 0.25) is 5.91 Å². The number of nitrogens with one attached hydrogen (secondary N) is 2. The van der Waals surface area contributed by atoms with Crippen LogP contribution in [0.15, 0.2) is 53.4 Å². The van der Waals surface area contributed by atoms with Gasteiger partial charge in [0.05, 0.1) is 17.1 Å². The summed E-state index contributed by atoms with van der Waals surface area (Å²) in [6.45, 7) is 2.11. The van der Waals surface area contributed by atoms with Gasteiger partial charge in [0.1, 0.15) is 0 Å². The maximum absolute atomic E-state index is 12.1. The van der Waals surface area contributed by atoms with Gasteiger partial charge in [-0.15, -0.1) is 0 Å². The molecule has 122 valence electrons. The van der Waals surface area contributed by atoms with E-state index in [0.717, 1.165) is 23.9 Å². The third-order valence-corrected chi connectivity index (χ3v) is 4.55. The smallest absolute Gasteiger partial charge is 0.243 e. The zero-order valence-corrected chi connectivity index (χ0v) is 14.0. The van der Waals surface area contributed by atoms with Gasteiger partial charge in [-0.05, 0) is 30.2 Å². The Kier molecular flexibility index (Phi) is 5.39. The number of anilines is 2. The average molecular weight is 332 g/mol. The number of hydrogen-bond donors (Lipinski definition) is 2. The molecule has 0 radical (unpaired) electrons. The van der Waals surface area contributed by atoms with Crippen LogP contribution in [0, 0.1) is 0 Å². The number of aryl methyl sites for hydroxylation is 1. The molecule has 2 N–H and O–H groups in total. The van der Waals surface area contributed by atoms with Gasteiger partial charge in [0.25, 0.3) is 0 Å². The summed E-state index contributed by atoms with van der Waals surface area (Å²) in [6, 6.07) is 14.1. The summed E-state index contributed by atoms with van der Waals surface area (Å²) in [6.07, 6.45) is 1.98. The van der Waals surface area contributed by atoms with Crippen molar-refractivity contribution in [2.75, 3.05) is 23.4 Å². The maximum atomic E-state index is 12.1. The van der Waals surface area contributed by atoms with Crippen LogP contribution in [0.2, 0.25) is 0 Å². The van der Waals surface area contributed by atoms with Crippen molar-refractivity contribution >= 4 is 27.1 Å². The van der Waals surface area contributed by atoms with E-state index in [1.165, 1.54) is 6.07 Å². The lowest BCUT2D eigenvalue weighted by atomic mass is 10.1. The third-order valence-electron chi connectivity index (χ3n) is 3.40. The van der Waals surface area contributed by atoms with Crippen molar-refractivity contribution < 1.29 is 13.2 Å². The van der Waals surface area contributed by atoms with Crippen LogP contribution in [0.3, 0.4) is 0 Å². The highest BCUT2D eigenvalue weighted by molar-refractivity contribution is 7.90. The second-order valence-electron chi connectivity index (χ2n) is 5.18. The molecule has 0 aromatic heterocycles. The summed E-state index contributed by atoms with van der Waals surface area (Å²) < 4.78 is 23.5. The number of sulfone groups is 1. The number of hydrogen-bond acceptors (Lipinski definition) is 4. The Labute approximate surface area is 136 Å². The Morgan fingerprint density at radius 1 is 1.00 bits per heavy atom. The molecule has 0 spiro atoms. The monoisotopic (exact) mass is 332 g/mol. The van der Waals surface area contributed by atoms with Crippen LogP contribution in [0.1, 0.15) is 12.5 Å². The first-order valence-electron chi connectivity index (χ1n) is 7.32. The molecule has 2 rings (SSSR count). The number of carbonyl (C=O) groups is 1. The zero-order valence-electron chi connectivity index (χ0n) is 13.2. The first-order valence-corrected chi connectivity index (χ1v) is 9.21. The number of rotatable bonds is 6. The fourth-order valence-electron chi connectivity index (χ4n) is 2.26. The first kappa shape index (κ1) is 17.0. The lowest BCUT2D eigenvalue weighted by Crippen LogP contribution is -2.23. The van der Waals surface area contributed by atoms with E-state index in [1.54, 1.807) is 18.2 Å². The molecular formula is C17H20N2O3S. The Morgan fingerprint density at radius 2 is 1.61 bits per heavy atom. The highest BCUT2D eigenvalue weighted by atomic mass is 32.2. The average Bonchev–Trinajstić information content (AvgIpc) is 2.52. The molecule has 0 bridgehead atoms. The highest BCUT2D eigenvalue weighted by Crippen LogP contribution is 2.20. The van der Waals surface area contributed by atoms with E-state index in [1.807, 2.05) is 31.2 Å². The van der Waals surface area contributed by atoms with Crippen LogP contribution in [0.4, 0.5) is 11.4 Å². The first-order chi connectivity index (χ1) is 10.9. The van der Waals surface area contributed by atoms with Crippen molar-refractivity contribution in [3.8, 4) is 0 Å². The number of carbonyl (C=O) groups excluding carboxylic acids is 1. The van der Waals surface area contributed by atoms with Gasteiger partial charge < -0.3 is 10.6 Å². The topological polar surface area (TPSA) is 75.3 Å². The standard InChI is InChI=1S/C17H20N2O3S/c1-3-13-8-4-5-9-14(13)18-12-17(20)19-15-10-6-7-11-16(15)23(2,21)22/h4-11,18H,3,12H2,1-2H3,(H,19,20). The number of benzene rings is 2. The minimum Gasteiger partial charge on any atom is -0.376 e. The minimum absolute atomic E-state index is 0.0646. The SMILES string of the molecule is CCc1ccccc1NCC(=O)Nc1ccccc1S(C)(=O)=O. The van der Waals surface area contributed by atoms with Gasteiger partial charge in [0, 0.05) is 11.9 Å². The van der Waals surface area contributed by atoms with Crippen molar-refractivity contribution in [3.63, 3.8) is 0 Å². The van der Waals surface area contributed by atoms with Crippen LogP contribution < -0.4 is 10.6 Å². The molecule has 0 aliphatic rings. The van der Waals surface area contributed by atoms with E-state index >= 15 is 0 Å². The van der Waals surface area contributed by atoms with E-state index in [0.29, 0.717) is 5.69 Å². The number of amides is 1. The molecule has 0 unspecified atom stereocenters. The molecule has 5 nitrogen and oxygen atoms in total. The molecule has 0 aliphatic heterocycles. The van der Waals surface area contributed by atoms with Gasteiger partial charge in [-0.25, -0.2) is 8.42 Å². The lowest BCUT2D eigenvalue weighted by Gasteiger charge is -2.12. The van der Waals surface area contributed by atoms with Crippen LogP contribution in [-0.4, -0.2) is 27.1 Å². The van der Waals surface area contributed by atoms with Crippen LogP contribution in [0.25, 0.3) is 0 Å². The fourth-order valence-corrected chi connectivity index (χ4v) is 3.11. The highest BCUT2D eigenvalue weighted by Gasteiger charge is 2.14. The minimum atomic E-state index is -3.39. The largest absolute Gasteiger partial charge is 0.376 e. The number of para-hydroxylation sites is 2. The summed E-state index contributed by atoms with van der Waals surface area (Å²) in [5.41, 5.74) is 2.32. The molecule has 6 heteroatoms. The van der Waals surface area contributed by atoms with Crippen molar-refractivity contribution in [3.05, 3.63) is 54.1 Å². The van der Waals surface area contributed by atoms with E-state index in [-0.39, 0.29) is 17.3 Å². The van der Waals surface area contributed by atoms with Gasteiger partial charge in [-0.1, -0.05) is 37.3 Å². The van der Waals surface area contributed by atoms with Gasteiger partial charge in [-0.3, -0.25) is 4.79 Å². The van der Waals surface area contributed by atoms with Gasteiger partial charge in [0.15, 0.2) is 9.84 Å². The summed E-state index contributed by atoms with van der Waals surface area (Å²) >= 11 is 0. The Bertz CT molecular complexity index is 801. The molecule has 2 aromatic rings. The third kappa shape index (κ3) is 4.56. The fraction of sp³-hybridized carbons (Fsp3) is 0.235. The van der Waals surface area contributed by atoms with E-state index < -0.39 is 9.84 Å². The molecular weight excluding hydrogens is 312 g/mol. The quantitative estimate of drug-likeness (QED) is 0.853. The second-order valence-corrected chi connectivity index (χ2v) is 7.16. The molecule has 23 heavy (non-hydrogen) atoms. The molecule has 2 aromatic carbocycles. The second kappa shape index (κ2) is 7.28. The van der Waals surface area contributed by atoms with E-state index in [4.69, 9.17) is 0 Å². The van der Waals surface area contributed by atoms with Crippen molar-refractivity contribution in [2.45, 2.75) is 18.2 Å². The molecule has 0 saturated heterocycles. The van der Waals surface area contributed by atoms with Crippen LogP contribution in [0.5, 0.6) is 0 Å². The molecule has 0 aliphatic carbocycles. The summed E-state index contributed by atoms with van der Waals surface area (Å²) in [4.78, 5) is 12.2. The molecule has 1 amide bonds. The zero-order chi connectivity index (χ0) is 16.9. The Morgan fingerprint density at radius 3 is 2.26 bits per heavy atom. The lowest BCUT2D eigenvalue weighted by molar-refractivity contribution is -0.114. The van der Waals surface area contributed by atoms with E-state index in [2.05, 4.69) is 10.6 Å². The predicted octanol–water partition coefficient (Wildman–Crippen LogP) is 2.70. The van der Waals surface area contributed by atoms with Gasteiger partial charge in [-0.2, -0.15) is 0 Å². The van der Waals surface area contributed by atoms with Crippen LogP contribution in [-0.2, 0) is 21.1 Å². The maximum Gasteiger partial charge on any atom is 0.243 e. The Balaban J connectivity index is 2.07. The molecule has 0 saturated carbocycles. The predicted molar refractivity (Wildman–Crippen MR) is 92.5 cm³/mol. The van der Waals surface area contributed by atoms with E-state index in [9.17, 15) is 13.2 Å². The van der Waals surface area contributed by atoms with Crippen molar-refractivity contribution in [2.24, 2.45) is 0 Å². The molecule has 0 atom stereocenters. The summed E-state index contributed by atoms with van der Waals surface area (Å²) in [5.74, 6) is -0.299. The normalized spacial score (nSPS) is 11.0. The molecule has 0 heterocycles. The van der Waals surface area contributed by atoms with Gasteiger partial charge >= 0.3 is 0 Å². The Hall–Kier alpha value is -2.34. The van der Waals surface area contributed by atoms with Crippen molar-refractivity contribution in [1.82, 2.24) is 0 Å². The van der Waals surface area contributed by atoms with Crippen LogP contribution >= 0.6 is 0 Å². The van der Waals surface area contributed by atoms with Crippen molar-refractivity contribution in [1.29, 1.82) is 0 Å². The molecule has 0 fully saturated rings. The summed E-state index contributed by atoms with van der Waals surface area (Å²) in [5, 5.41) is 5.73. The summed E-state index contributed by atoms with van der Waals surface area (Å²) in [7, 11) is -3.39.